The third kappa shape index (κ3) is 3.31. The summed E-state index contributed by atoms with van der Waals surface area (Å²) in [5, 5.41) is 3.63. The highest BCUT2D eigenvalue weighted by atomic mass is 14.9. The van der Waals surface area contributed by atoms with Crippen LogP contribution >= 0.6 is 0 Å². The molecule has 1 heterocycles. The van der Waals surface area contributed by atoms with Crippen LogP contribution in [-0.2, 0) is 6.42 Å². The average Bonchev–Trinajstić information content (AvgIpc) is 2.84. The predicted molar refractivity (Wildman–Crippen MR) is 67.4 cm³/mol. The minimum Gasteiger partial charge on any atom is -0.314 e. The van der Waals surface area contributed by atoms with Crippen molar-refractivity contribution in [2.24, 2.45) is 5.92 Å². The van der Waals surface area contributed by atoms with Crippen LogP contribution in [0.15, 0.2) is 24.4 Å². The lowest BCUT2D eigenvalue weighted by molar-refractivity contribution is 0.383. The van der Waals surface area contributed by atoms with Crippen LogP contribution in [-0.4, -0.2) is 17.6 Å². The first kappa shape index (κ1) is 11.6. The van der Waals surface area contributed by atoms with Gasteiger partial charge in [-0.1, -0.05) is 18.9 Å². The minimum absolute atomic E-state index is 0.672. The van der Waals surface area contributed by atoms with Gasteiger partial charge >= 0.3 is 0 Å². The van der Waals surface area contributed by atoms with Gasteiger partial charge < -0.3 is 5.32 Å². The van der Waals surface area contributed by atoms with Crippen LogP contribution in [0.2, 0.25) is 0 Å². The number of hydrogen-bond acceptors (Lipinski definition) is 2. The quantitative estimate of drug-likeness (QED) is 0.822. The van der Waals surface area contributed by atoms with Crippen LogP contribution in [0.1, 0.15) is 38.3 Å². The molecule has 0 amide bonds. The van der Waals surface area contributed by atoms with E-state index in [0.29, 0.717) is 6.04 Å². The van der Waals surface area contributed by atoms with E-state index in [9.17, 15) is 0 Å². The zero-order valence-electron chi connectivity index (χ0n) is 10.2. The van der Waals surface area contributed by atoms with Crippen molar-refractivity contribution in [2.75, 3.05) is 6.54 Å². The first-order valence-corrected chi connectivity index (χ1v) is 6.49. The second-order valence-corrected chi connectivity index (χ2v) is 4.86. The Kier molecular flexibility index (Phi) is 4.34. The first-order valence-electron chi connectivity index (χ1n) is 6.49. The highest BCUT2D eigenvalue weighted by molar-refractivity contribution is 5.03. The number of hydrogen-bond donors (Lipinski definition) is 1. The molecule has 0 unspecified atom stereocenters. The van der Waals surface area contributed by atoms with Gasteiger partial charge in [0, 0.05) is 30.9 Å². The monoisotopic (exact) mass is 218 g/mol. The first-order chi connectivity index (χ1) is 7.86. The molecule has 0 aliphatic heterocycles. The van der Waals surface area contributed by atoms with Crippen molar-refractivity contribution in [3.8, 4) is 0 Å². The fourth-order valence-corrected chi connectivity index (χ4v) is 2.60. The maximum atomic E-state index is 4.33. The second kappa shape index (κ2) is 6.00. The Hall–Kier alpha value is -0.890. The molecular formula is C14H22N2. The van der Waals surface area contributed by atoms with E-state index in [1.54, 1.807) is 0 Å². The van der Waals surface area contributed by atoms with Crippen LogP contribution in [0.5, 0.6) is 0 Å². The summed E-state index contributed by atoms with van der Waals surface area (Å²) in [5.41, 5.74) is 1.19. The lowest BCUT2D eigenvalue weighted by Crippen LogP contribution is -2.33. The van der Waals surface area contributed by atoms with Crippen LogP contribution in [0, 0.1) is 5.92 Å². The Morgan fingerprint density at radius 3 is 2.88 bits per heavy atom. The molecular weight excluding hydrogens is 196 g/mol. The SMILES string of the molecule is C[C@@H](NCCc1ccccn1)C1CCCC1. The van der Waals surface area contributed by atoms with Crippen molar-refractivity contribution in [3.05, 3.63) is 30.1 Å². The van der Waals surface area contributed by atoms with Crippen molar-refractivity contribution < 1.29 is 0 Å². The molecule has 1 aliphatic carbocycles. The molecule has 1 atom stereocenters. The summed E-state index contributed by atoms with van der Waals surface area (Å²) in [6.07, 6.45) is 8.59. The summed E-state index contributed by atoms with van der Waals surface area (Å²) in [7, 11) is 0. The molecule has 16 heavy (non-hydrogen) atoms. The highest BCUT2D eigenvalue weighted by Gasteiger charge is 2.20. The summed E-state index contributed by atoms with van der Waals surface area (Å²) in [4.78, 5) is 4.33. The topological polar surface area (TPSA) is 24.9 Å². The zero-order valence-corrected chi connectivity index (χ0v) is 10.2. The lowest BCUT2D eigenvalue weighted by atomic mass is 10.00. The fourth-order valence-electron chi connectivity index (χ4n) is 2.60. The van der Waals surface area contributed by atoms with Gasteiger partial charge in [-0.25, -0.2) is 0 Å². The van der Waals surface area contributed by atoms with Crippen molar-refractivity contribution in [1.29, 1.82) is 0 Å². The minimum atomic E-state index is 0.672. The van der Waals surface area contributed by atoms with E-state index < -0.39 is 0 Å². The molecule has 0 saturated heterocycles. The highest BCUT2D eigenvalue weighted by Crippen LogP contribution is 2.27. The van der Waals surface area contributed by atoms with E-state index in [1.807, 2.05) is 12.3 Å². The largest absolute Gasteiger partial charge is 0.314 e. The van der Waals surface area contributed by atoms with Gasteiger partial charge in [0.25, 0.3) is 0 Å². The Labute approximate surface area is 98.5 Å². The molecule has 1 fully saturated rings. The zero-order chi connectivity index (χ0) is 11.2. The van der Waals surface area contributed by atoms with Gasteiger partial charge in [-0.3, -0.25) is 4.98 Å². The summed E-state index contributed by atoms with van der Waals surface area (Å²) in [6, 6.07) is 6.80. The van der Waals surface area contributed by atoms with E-state index in [4.69, 9.17) is 0 Å². The van der Waals surface area contributed by atoms with Gasteiger partial charge in [-0.15, -0.1) is 0 Å². The number of pyridine rings is 1. The van der Waals surface area contributed by atoms with Gasteiger partial charge in [0.1, 0.15) is 0 Å². The fraction of sp³-hybridized carbons (Fsp3) is 0.643. The van der Waals surface area contributed by atoms with Gasteiger partial charge in [0.15, 0.2) is 0 Å². The van der Waals surface area contributed by atoms with E-state index in [1.165, 1.54) is 31.4 Å². The number of nitrogens with zero attached hydrogens (tertiary/aromatic N) is 1. The Morgan fingerprint density at radius 1 is 1.38 bits per heavy atom. The maximum absolute atomic E-state index is 4.33. The molecule has 88 valence electrons. The average molecular weight is 218 g/mol. The van der Waals surface area contributed by atoms with E-state index in [2.05, 4.69) is 29.4 Å². The molecule has 0 bridgehead atoms. The molecule has 2 rings (SSSR count). The van der Waals surface area contributed by atoms with Crippen molar-refractivity contribution in [1.82, 2.24) is 10.3 Å². The van der Waals surface area contributed by atoms with Crippen LogP contribution in [0.3, 0.4) is 0 Å². The van der Waals surface area contributed by atoms with Gasteiger partial charge in [-0.2, -0.15) is 0 Å². The molecule has 1 N–H and O–H groups in total. The Bertz CT molecular complexity index is 291. The Morgan fingerprint density at radius 2 is 2.19 bits per heavy atom. The van der Waals surface area contributed by atoms with Crippen LogP contribution < -0.4 is 5.32 Å². The molecule has 0 radical (unpaired) electrons. The standard InChI is InChI=1S/C14H22N2/c1-12(13-6-2-3-7-13)15-11-9-14-8-4-5-10-16-14/h4-5,8,10,12-13,15H,2-3,6-7,9,11H2,1H3/t12-/m1/s1. The van der Waals surface area contributed by atoms with Crippen molar-refractivity contribution >= 4 is 0 Å². The molecule has 0 aromatic carbocycles. The van der Waals surface area contributed by atoms with Crippen LogP contribution in [0.4, 0.5) is 0 Å². The summed E-state index contributed by atoms with van der Waals surface area (Å²) >= 11 is 0. The van der Waals surface area contributed by atoms with Crippen LogP contribution in [0.25, 0.3) is 0 Å². The Balaban J connectivity index is 1.67. The third-order valence-corrected chi connectivity index (χ3v) is 3.68. The van der Waals surface area contributed by atoms with Gasteiger partial charge in [-0.05, 0) is 37.8 Å². The molecule has 1 aromatic heterocycles. The normalized spacial score (nSPS) is 18.8. The van der Waals surface area contributed by atoms with Crippen molar-refractivity contribution in [3.63, 3.8) is 0 Å². The maximum Gasteiger partial charge on any atom is 0.0416 e. The summed E-state index contributed by atoms with van der Waals surface area (Å²) in [5.74, 6) is 0.906. The summed E-state index contributed by atoms with van der Waals surface area (Å²) < 4.78 is 0. The van der Waals surface area contributed by atoms with E-state index in [0.717, 1.165) is 18.9 Å². The molecule has 1 saturated carbocycles. The summed E-state index contributed by atoms with van der Waals surface area (Å²) in [6.45, 7) is 3.38. The number of aromatic nitrogens is 1. The van der Waals surface area contributed by atoms with Gasteiger partial charge in [0.2, 0.25) is 0 Å². The smallest absolute Gasteiger partial charge is 0.0416 e. The molecule has 1 aliphatic rings. The molecule has 2 heteroatoms. The predicted octanol–water partition coefficient (Wildman–Crippen LogP) is 2.79. The number of nitrogens with one attached hydrogen (secondary N) is 1. The van der Waals surface area contributed by atoms with Crippen molar-refractivity contribution in [2.45, 2.75) is 45.1 Å². The van der Waals surface area contributed by atoms with E-state index >= 15 is 0 Å². The molecule has 2 nitrogen and oxygen atoms in total. The molecule has 1 aromatic rings. The lowest BCUT2D eigenvalue weighted by Gasteiger charge is -2.20. The number of rotatable bonds is 5. The third-order valence-electron chi connectivity index (χ3n) is 3.68. The molecule has 0 spiro atoms. The van der Waals surface area contributed by atoms with E-state index in [-0.39, 0.29) is 0 Å². The van der Waals surface area contributed by atoms with Gasteiger partial charge in [0.05, 0.1) is 0 Å². The second-order valence-electron chi connectivity index (χ2n) is 4.86.